The SMILES string of the molecule is COc1ccccc1N(C)c1ccc(CO)c(C)c1. The lowest BCUT2D eigenvalue weighted by molar-refractivity contribution is 0.281. The highest BCUT2D eigenvalue weighted by Gasteiger charge is 2.10. The maximum Gasteiger partial charge on any atom is 0.142 e. The number of anilines is 2. The first-order valence-electron chi connectivity index (χ1n) is 6.24. The number of hydrogen-bond donors (Lipinski definition) is 1. The highest BCUT2D eigenvalue weighted by atomic mass is 16.5. The summed E-state index contributed by atoms with van der Waals surface area (Å²) >= 11 is 0. The van der Waals surface area contributed by atoms with Crippen molar-refractivity contribution in [3.8, 4) is 5.75 Å². The quantitative estimate of drug-likeness (QED) is 0.912. The maximum atomic E-state index is 9.21. The van der Waals surface area contributed by atoms with Crippen LogP contribution in [-0.2, 0) is 6.61 Å². The molecule has 0 aliphatic carbocycles. The largest absolute Gasteiger partial charge is 0.495 e. The molecule has 3 nitrogen and oxygen atoms in total. The molecule has 0 aliphatic heterocycles. The average molecular weight is 257 g/mol. The van der Waals surface area contributed by atoms with E-state index in [0.29, 0.717) is 0 Å². The lowest BCUT2D eigenvalue weighted by Crippen LogP contribution is -2.11. The molecule has 0 bridgehead atoms. The fraction of sp³-hybridized carbons (Fsp3) is 0.250. The third-order valence-corrected chi connectivity index (χ3v) is 3.33. The smallest absolute Gasteiger partial charge is 0.142 e. The van der Waals surface area contributed by atoms with Gasteiger partial charge in [-0.1, -0.05) is 18.2 Å². The number of aliphatic hydroxyl groups is 1. The van der Waals surface area contributed by atoms with Gasteiger partial charge in [0.15, 0.2) is 0 Å². The van der Waals surface area contributed by atoms with Crippen molar-refractivity contribution in [2.24, 2.45) is 0 Å². The van der Waals surface area contributed by atoms with E-state index in [-0.39, 0.29) is 6.61 Å². The zero-order valence-corrected chi connectivity index (χ0v) is 11.6. The molecule has 0 aromatic heterocycles. The number of ether oxygens (including phenoxy) is 1. The van der Waals surface area contributed by atoms with Gasteiger partial charge < -0.3 is 14.7 Å². The second-order valence-corrected chi connectivity index (χ2v) is 4.50. The fourth-order valence-corrected chi connectivity index (χ4v) is 2.11. The number of methoxy groups -OCH3 is 1. The molecule has 100 valence electrons. The molecule has 0 fully saturated rings. The third-order valence-electron chi connectivity index (χ3n) is 3.33. The number of rotatable bonds is 4. The van der Waals surface area contributed by atoms with Gasteiger partial charge in [-0.3, -0.25) is 0 Å². The van der Waals surface area contributed by atoms with Crippen LogP contribution in [0.3, 0.4) is 0 Å². The average Bonchev–Trinajstić information content (AvgIpc) is 2.46. The Labute approximate surface area is 114 Å². The Bertz CT molecular complexity index is 566. The van der Waals surface area contributed by atoms with E-state index in [4.69, 9.17) is 4.74 Å². The lowest BCUT2D eigenvalue weighted by Gasteiger charge is -2.22. The molecule has 0 saturated heterocycles. The number of aryl methyl sites for hydroxylation is 1. The van der Waals surface area contributed by atoms with E-state index >= 15 is 0 Å². The molecular formula is C16H19NO2. The Morgan fingerprint density at radius 1 is 1.16 bits per heavy atom. The molecule has 0 saturated carbocycles. The molecule has 0 radical (unpaired) electrons. The maximum absolute atomic E-state index is 9.21. The van der Waals surface area contributed by atoms with Gasteiger partial charge in [0.25, 0.3) is 0 Å². The number of benzene rings is 2. The summed E-state index contributed by atoms with van der Waals surface area (Å²) in [4.78, 5) is 2.08. The van der Waals surface area contributed by atoms with Crippen molar-refractivity contribution in [1.82, 2.24) is 0 Å². The number of hydrogen-bond acceptors (Lipinski definition) is 3. The minimum absolute atomic E-state index is 0.0739. The summed E-state index contributed by atoms with van der Waals surface area (Å²) in [7, 11) is 3.68. The summed E-state index contributed by atoms with van der Waals surface area (Å²) in [5.41, 5.74) is 4.12. The summed E-state index contributed by atoms with van der Waals surface area (Å²) in [5.74, 6) is 0.842. The van der Waals surface area contributed by atoms with Crippen LogP contribution in [0.5, 0.6) is 5.75 Å². The monoisotopic (exact) mass is 257 g/mol. The molecule has 0 atom stereocenters. The van der Waals surface area contributed by atoms with Crippen molar-refractivity contribution in [3.63, 3.8) is 0 Å². The van der Waals surface area contributed by atoms with Crippen molar-refractivity contribution in [1.29, 1.82) is 0 Å². The van der Waals surface area contributed by atoms with Crippen molar-refractivity contribution in [3.05, 3.63) is 53.6 Å². The molecule has 2 aromatic rings. The Balaban J connectivity index is 2.38. The highest BCUT2D eigenvalue weighted by molar-refractivity contribution is 5.69. The topological polar surface area (TPSA) is 32.7 Å². The van der Waals surface area contributed by atoms with Crippen molar-refractivity contribution in [2.45, 2.75) is 13.5 Å². The normalized spacial score (nSPS) is 10.3. The summed E-state index contributed by atoms with van der Waals surface area (Å²) in [6.45, 7) is 2.08. The van der Waals surface area contributed by atoms with Crippen LogP contribution in [0.25, 0.3) is 0 Å². The second kappa shape index (κ2) is 5.76. The Hall–Kier alpha value is -2.00. The minimum atomic E-state index is 0.0739. The van der Waals surface area contributed by atoms with Crippen molar-refractivity contribution < 1.29 is 9.84 Å². The Morgan fingerprint density at radius 2 is 1.89 bits per heavy atom. The Morgan fingerprint density at radius 3 is 2.53 bits per heavy atom. The molecule has 1 N–H and O–H groups in total. The van der Waals surface area contributed by atoms with E-state index in [1.165, 1.54) is 0 Å². The highest BCUT2D eigenvalue weighted by Crippen LogP contribution is 2.32. The van der Waals surface area contributed by atoms with E-state index in [2.05, 4.69) is 11.0 Å². The van der Waals surface area contributed by atoms with Crippen LogP contribution >= 0.6 is 0 Å². The first-order valence-corrected chi connectivity index (χ1v) is 6.24. The summed E-state index contributed by atoms with van der Waals surface area (Å²) in [5, 5.41) is 9.21. The molecule has 0 unspecified atom stereocenters. The number of aliphatic hydroxyl groups excluding tert-OH is 1. The lowest BCUT2D eigenvalue weighted by atomic mass is 10.1. The van der Waals surface area contributed by atoms with E-state index in [0.717, 1.165) is 28.3 Å². The molecule has 0 spiro atoms. The molecular weight excluding hydrogens is 238 g/mol. The van der Waals surface area contributed by atoms with Gasteiger partial charge in [-0.2, -0.15) is 0 Å². The number of para-hydroxylation sites is 2. The van der Waals surface area contributed by atoms with Gasteiger partial charge in [-0.25, -0.2) is 0 Å². The molecule has 19 heavy (non-hydrogen) atoms. The van der Waals surface area contributed by atoms with Gasteiger partial charge in [-0.05, 0) is 42.3 Å². The molecule has 0 heterocycles. The van der Waals surface area contributed by atoms with Crippen molar-refractivity contribution in [2.75, 3.05) is 19.1 Å². The molecule has 2 aromatic carbocycles. The predicted octanol–water partition coefficient (Wildman–Crippen LogP) is 3.26. The molecule has 0 aliphatic rings. The third kappa shape index (κ3) is 2.71. The van der Waals surface area contributed by atoms with Crippen LogP contribution < -0.4 is 9.64 Å². The van der Waals surface area contributed by atoms with Crippen LogP contribution in [0.15, 0.2) is 42.5 Å². The van der Waals surface area contributed by atoms with Gasteiger partial charge in [0, 0.05) is 12.7 Å². The van der Waals surface area contributed by atoms with Crippen LogP contribution in [0, 0.1) is 6.92 Å². The second-order valence-electron chi connectivity index (χ2n) is 4.50. The van der Waals surface area contributed by atoms with Gasteiger partial charge in [0.05, 0.1) is 19.4 Å². The summed E-state index contributed by atoms with van der Waals surface area (Å²) in [6.07, 6.45) is 0. The van der Waals surface area contributed by atoms with E-state index < -0.39 is 0 Å². The van der Waals surface area contributed by atoms with Crippen LogP contribution in [0.2, 0.25) is 0 Å². The first-order chi connectivity index (χ1) is 9.17. The molecule has 0 amide bonds. The standard InChI is InChI=1S/C16H19NO2/c1-12-10-14(9-8-13(12)11-18)17(2)15-6-4-5-7-16(15)19-3/h4-10,18H,11H2,1-3H3. The van der Waals surface area contributed by atoms with Crippen LogP contribution in [-0.4, -0.2) is 19.3 Å². The summed E-state index contributed by atoms with van der Waals surface area (Å²) < 4.78 is 5.38. The first kappa shape index (κ1) is 13.4. The zero-order valence-electron chi connectivity index (χ0n) is 11.6. The molecule has 2 rings (SSSR count). The van der Waals surface area contributed by atoms with Gasteiger partial charge in [0.1, 0.15) is 5.75 Å². The van der Waals surface area contributed by atoms with Crippen LogP contribution in [0.4, 0.5) is 11.4 Å². The minimum Gasteiger partial charge on any atom is -0.495 e. The van der Waals surface area contributed by atoms with Gasteiger partial charge in [0.2, 0.25) is 0 Å². The van der Waals surface area contributed by atoms with E-state index in [1.54, 1.807) is 7.11 Å². The van der Waals surface area contributed by atoms with E-state index in [9.17, 15) is 5.11 Å². The van der Waals surface area contributed by atoms with Crippen LogP contribution in [0.1, 0.15) is 11.1 Å². The molecule has 3 heteroatoms. The Kier molecular flexibility index (Phi) is 4.07. The van der Waals surface area contributed by atoms with Gasteiger partial charge >= 0.3 is 0 Å². The van der Waals surface area contributed by atoms with E-state index in [1.807, 2.05) is 50.4 Å². The fourth-order valence-electron chi connectivity index (χ4n) is 2.11. The predicted molar refractivity (Wildman–Crippen MR) is 78.2 cm³/mol. The van der Waals surface area contributed by atoms with Crippen molar-refractivity contribution >= 4 is 11.4 Å². The zero-order chi connectivity index (χ0) is 13.8. The van der Waals surface area contributed by atoms with Gasteiger partial charge in [-0.15, -0.1) is 0 Å². The number of nitrogens with zero attached hydrogens (tertiary/aromatic N) is 1. The summed E-state index contributed by atoms with van der Waals surface area (Å²) in [6, 6.07) is 13.9.